The summed E-state index contributed by atoms with van der Waals surface area (Å²) < 4.78 is 12.0. The zero-order chi connectivity index (χ0) is 20.2. The molecule has 6 nitrogen and oxygen atoms in total. The van der Waals surface area contributed by atoms with Crippen molar-refractivity contribution < 1.29 is 18.7 Å². The van der Waals surface area contributed by atoms with E-state index in [2.05, 4.69) is 9.88 Å². The monoisotopic (exact) mass is 396 g/mol. The maximum Gasteiger partial charge on any atom is 0.229 e. The second-order valence-corrected chi connectivity index (χ2v) is 7.55. The molecule has 0 N–H and O–H groups in total. The van der Waals surface area contributed by atoms with Crippen molar-refractivity contribution in [1.82, 2.24) is 9.88 Å². The van der Waals surface area contributed by atoms with Gasteiger partial charge in [-0.05, 0) is 23.8 Å². The summed E-state index contributed by atoms with van der Waals surface area (Å²) in [5.41, 5.74) is 3.63. The fourth-order valence-corrected chi connectivity index (χ4v) is 4.29. The van der Waals surface area contributed by atoms with Crippen molar-refractivity contribution >= 4 is 22.5 Å². The predicted octanol–water partition coefficient (Wildman–Crippen LogP) is 3.96. The van der Waals surface area contributed by atoms with Crippen molar-refractivity contribution in [2.24, 2.45) is 0 Å². The standard InChI is InChI=1S/C24H16N2O4/c27-21-15-5-1-2-6-16(15)22(28)24-20(21)17-7-8-19-18(23(17)30-24)12-26(13-29-19)11-14-4-3-9-25-10-14/h1-10H,11-13H2. The van der Waals surface area contributed by atoms with Gasteiger partial charge in [0.2, 0.25) is 5.78 Å². The molecule has 1 aliphatic carbocycles. The summed E-state index contributed by atoms with van der Waals surface area (Å²) in [4.78, 5) is 32.4. The van der Waals surface area contributed by atoms with Gasteiger partial charge in [-0.1, -0.05) is 30.3 Å². The zero-order valence-electron chi connectivity index (χ0n) is 15.9. The first-order valence-electron chi connectivity index (χ1n) is 9.71. The molecule has 0 atom stereocenters. The van der Waals surface area contributed by atoms with Crippen molar-refractivity contribution in [3.05, 3.63) is 94.5 Å². The van der Waals surface area contributed by atoms with Gasteiger partial charge in [0.05, 0.1) is 11.1 Å². The molecule has 2 aromatic heterocycles. The van der Waals surface area contributed by atoms with E-state index in [9.17, 15) is 9.59 Å². The first kappa shape index (κ1) is 17.1. The van der Waals surface area contributed by atoms with Crippen LogP contribution in [-0.2, 0) is 13.1 Å². The lowest BCUT2D eigenvalue weighted by atomic mass is 9.87. The van der Waals surface area contributed by atoms with E-state index in [0.29, 0.717) is 53.2 Å². The van der Waals surface area contributed by atoms with Gasteiger partial charge < -0.3 is 9.15 Å². The minimum atomic E-state index is -0.255. The van der Waals surface area contributed by atoms with Crippen LogP contribution in [0.4, 0.5) is 0 Å². The van der Waals surface area contributed by atoms with Gasteiger partial charge in [-0.3, -0.25) is 19.5 Å². The van der Waals surface area contributed by atoms with Crippen LogP contribution >= 0.6 is 0 Å². The number of ether oxygens (including phenoxy) is 1. The van der Waals surface area contributed by atoms with Crippen LogP contribution in [0.15, 0.2) is 65.3 Å². The van der Waals surface area contributed by atoms with Crippen LogP contribution in [0.25, 0.3) is 11.0 Å². The number of carbonyl (C=O) groups is 2. The molecule has 0 saturated carbocycles. The molecular formula is C24H16N2O4. The fourth-order valence-electron chi connectivity index (χ4n) is 4.29. The Bertz CT molecular complexity index is 1340. The Labute approximate surface area is 171 Å². The van der Waals surface area contributed by atoms with Crippen LogP contribution in [0.5, 0.6) is 5.75 Å². The van der Waals surface area contributed by atoms with Gasteiger partial charge >= 0.3 is 0 Å². The van der Waals surface area contributed by atoms with Crippen LogP contribution in [0.2, 0.25) is 0 Å². The average molecular weight is 396 g/mol. The second kappa shape index (κ2) is 6.37. The van der Waals surface area contributed by atoms with Gasteiger partial charge in [-0.15, -0.1) is 0 Å². The molecule has 1 aliphatic heterocycles. The lowest BCUT2D eigenvalue weighted by Gasteiger charge is -2.28. The number of carbonyl (C=O) groups excluding carboxylic acids is 2. The van der Waals surface area contributed by atoms with Gasteiger partial charge in [0.1, 0.15) is 18.1 Å². The largest absolute Gasteiger partial charge is 0.478 e. The third kappa shape index (κ3) is 2.44. The summed E-state index contributed by atoms with van der Waals surface area (Å²) in [6, 6.07) is 14.5. The van der Waals surface area contributed by atoms with Crippen LogP contribution in [0.1, 0.15) is 43.2 Å². The molecule has 2 aliphatic rings. The van der Waals surface area contributed by atoms with Crippen LogP contribution in [0, 0.1) is 0 Å². The molecule has 30 heavy (non-hydrogen) atoms. The van der Waals surface area contributed by atoms with Gasteiger partial charge in [0, 0.05) is 42.0 Å². The highest BCUT2D eigenvalue weighted by Crippen LogP contribution is 2.40. The number of hydrogen-bond donors (Lipinski definition) is 0. The van der Waals surface area contributed by atoms with Crippen molar-refractivity contribution in [2.75, 3.05) is 6.73 Å². The van der Waals surface area contributed by atoms with E-state index in [1.54, 1.807) is 30.5 Å². The van der Waals surface area contributed by atoms with Crippen molar-refractivity contribution in [3.8, 4) is 5.75 Å². The molecule has 0 amide bonds. The summed E-state index contributed by atoms with van der Waals surface area (Å²) in [6.07, 6.45) is 3.57. The van der Waals surface area contributed by atoms with E-state index in [1.165, 1.54) is 0 Å². The quantitative estimate of drug-likeness (QED) is 0.450. The highest BCUT2D eigenvalue weighted by atomic mass is 16.5. The number of nitrogens with zero attached hydrogens (tertiary/aromatic N) is 2. The minimum Gasteiger partial charge on any atom is -0.478 e. The number of rotatable bonds is 2. The molecule has 0 unspecified atom stereocenters. The van der Waals surface area contributed by atoms with E-state index in [-0.39, 0.29) is 17.3 Å². The number of fused-ring (bicyclic) bond motifs is 6. The minimum absolute atomic E-state index is 0.117. The molecule has 0 bridgehead atoms. The normalized spacial score (nSPS) is 15.5. The lowest BCUT2D eigenvalue weighted by molar-refractivity contribution is 0.0887. The van der Waals surface area contributed by atoms with Crippen LogP contribution in [0.3, 0.4) is 0 Å². The molecule has 0 radical (unpaired) electrons. The van der Waals surface area contributed by atoms with E-state index in [4.69, 9.17) is 9.15 Å². The van der Waals surface area contributed by atoms with E-state index < -0.39 is 0 Å². The number of furan rings is 1. The third-order valence-electron chi connectivity index (χ3n) is 5.68. The van der Waals surface area contributed by atoms with Gasteiger partial charge in [0.25, 0.3) is 0 Å². The average Bonchev–Trinajstić information content (AvgIpc) is 3.19. The molecule has 6 rings (SSSR count). The first-order valence-corrected chi connectivity index (χ1v) is 9.71. The maximum atomic E-state index is 13.1. The lowest BCUT2D eigenvalue weighted by Crippen LogP contribution is -2.31. The molecule has 0 saturated heterocycles. The molecular weight excluding hydrogens is 380 g/mol. The molecule has 6 heteroatoms. The Morgan fingerprint density at radius 2 is 1.80 bits per heavy atom. The highest BCUT2D eigenvalue weighted by Gasteiger charge is 2.36. The Balaban J connectivity index is 1.45. The van der Waals surface area contributed by atoms with Gasteiger partial charge in [0.15, 0.2) is 11.5 Å². The Hall–Kier alpha value is -3.77. The molecule has 3 heterocycles. The topological polar surface area (TPSA) is 72.6 Å². The van der Waals surface area contributed by atoms with Gasteiger partial charge in [-0.2, -0.15) is 0 Å². The number of benzene rings is 2. The number of ketones is 2. The number of aromatic nitrogens is 1. The van der Waals surface area contributed by atoms with Crippen molar-refractivity contribution in [2.45, 2.75) is 13.1 Å². The molecule has 0 fully saturated rings. The van der Waals surface area contributed by atoms with Crippen molar-refractivity contribution in [3.63, 3.8) is 0 Å². The van der Waals surface area contributed by atoms with E-state index >= 15 is 0 Å². The van der Waals surface area contributed by atoms with Crippen LogP contribution in [-0.4, -0.2) is 28.2 Å². The predicted molar refractivity (Wildman–Crippen MR) is 109 cm³/mol. The summed E-state index contributed by atoms with van der Waals surface area (Å²) in [5, 5.41) is 0.656. The molecule has 2 aromatic carbocycles. The zero-order valence-corrected chi connectivity index (χ0v) is 15.9. The maximum absolute atomic E-state index is 13.1. The summed E-state index contributed by atoms with van der Waals surface area (Å²) >= 11 is 0. The highest BCUT2D eigenvalue weighted by molar-refractivity contribution is 6.31. The number of pyridine rings is 1. The van der Waals surface area contributed by atoms with Crippen LogP contribution < -0.4 is 4.74 Å². The summed E-state index contributed by atoms with van der Waals surface area (Å²) in [5.74, 6) is 0.400. The van der Waals surface area contributed by atoms with Gasteiger partial charge in [-0.25, -0.2) is 0 Å². The molecule has 4 aromatic rings. The summed E-state index contributed by atoms with van der Waals surface area (Å²) in [6.45, 7) is 1.70. The summed E-state index contributed by atoms with van der Waals surface area (Å²) in [7, 11) is 0. The first-order chi connectivity index (χ1) is 14.7. The van der Waals surface area contributed by atoms with E-state index in [1.807, 2.05) is 30.5 Å². The SMILES string of the molecule is O=C1c2ccccc2C(=O)c2c1oc1c3c(ccc21)OCN(Cc1cccnc1)C3. The Morgan fingerprint density at radius 3 is 2.60 bits per heavy atom. The smallest absolute Gasteiger partial charge is 0.229 e. The third-order valence-corrected chi connectivity index (χ3v) is 5.68. The fraction of sp³-hybridized carbons (Fsp3) is 0.125. The Morgan fingerprint density at radius 1 is 0.967 bits per heavy atom. The molecule has 146 valence electrons. The number of hydrogen-bond acceptors (Lipinski definition) is 6. The second-order valence-electron chi connectivity index (χ2n) is 7.55. The molecule has 0 spiro atoms. The van der Waals surface area contributed by atoms with E-state index in [0.717, 1.165) is 11.1 Å². The van der Waals surface area contributed by atoms with Crippen molar-refractivity contribution in [1.29, 1.82) is 0 Å². The Kier molecular flexibility index (Phi) is 3.63.